The Kier molecular flexibility index (Phi) is 4.69. The summed E-state index contributed by atoms with van der Waals surface area (Å²) in [5, 5.41) is 0. The van der Waals surface area contributed by atoms with Crippen LogP contribution < -0.4 is 0 Å². The van der Waals surface area contributed by atoms with Crippen LogP contribution >= 0.6 is 0 Å². The summed E-state index contributed by atoms with van der Waals surface area (Å²) in [4.78, 5) is 12.2. The maximum Gasteiger partial charge on any atom is 0.337 e. The van der Waals surface area contributed by atoms with Gasteiger partial charge in [-0.25, -0.2) is 4.79 Å². The minimum absolute atomic E-state index is 0.364. The number of hydrogen-bond acceptors (Lipinski definition) is 3. The van der Waals surface area contributed by atoms with Gasteiger partial charge in [0.15, 0.2) is 0 Å². The molecule has 2 aromatic rings. The summed E-state index contributed by atoms with van der Waals surface area (Å²) in [6, 6.07) is 14.7. The molecule has 2 rings (SSSR count). The van der Waals surface area contributed by atoms with Gasteiger partial charge in [0.1, 0.15) is 0 Å². The Balaban J connectivity index is 2.13. The van der Waals surface area contributed by atoms with E-state index in [1.165, 1.54) is 7.11 Å². The van der Waals surface area contributed by atoms with Gasteiger partial charge in [-0.15, -0.1) is 0 Å². The molecule has 0 N–H and O–H groups in total. The van der Waals surface area contributed by atoms with Gasteiger partial charge in [0.2, 0.25) is 0 Å². The molecule has 0 heterocycles. The van der Waals surface area contributed by atoms with Crippen molar-refractivity contribution in [1.29, 1.82) is 0 Å². The van der Waals surface area contributed by atoms with E-state index < -0.39 is 10.8 Å². The van der Waals surface area contributed by atoms with Crippen LogP contribution in [0.1, 0.15) is 21.5 Å². The predicted octanol–water partition coefficient (Wildman–Crippen LogP) is 3.09. The number of hydrogen-bond donors (Lipinski definition) is 0. The first kappa shape index (κ1) is 14.5. The van der Waals surface area contributed by atoms with E-state index in [0.29, 0.717) is 11.3 Å². The largest absolute Gasteiger partial charge is 0.465 e. The van der Waals surface area contributed by atoms with Crippen LogP contribution in [0.3, 0.4) is 0 Å². The van der Waals surface area contributed by atoms with Gasteiger partial charge in [-0.2, -0.15) is 0 Å². The van der Waals surface area contributed by atoms with Crippen molar-refractivity contribution in [3.05, 3.63) is 65.2 Å². The maximum atomic E-state index is 12.3. The lowest BCUT2D eigenvalue weighted by Crippen LogP contribution is -2.02. The Morgan fingerprint density at radius 1 is 1.10 bits per heavy atom. The molecular formula is C16H16O3S. The van der Waals surface area contributed by atoms with Crippen molar-refractivity contribution in [3.63, 3.8) is 0 Å². The zero-order chi connectivity index (χ0) is 14.5. The highest BCUT2D eigenvalue weighted by molar-refractivity contribution is 7.84. The van der Waals surface area contributed by atoms with Crippen LogP contribution in [0.2, 0.25) is 0 Å². The van der Waals surface area contributed by atoms with Gasteiger partial charge in [-0.3, -0.25) is 4.21 Å². The maximum absolute atomic E-state index is 12.3. The van der Waals surface area contributed by atoms with E-state index >= 15 is 0 Å². The van der Waals surface area contributed by atoms with Gasteiger partial charge in [0, 0.05) is 4.90 Å². The molecule has 0 aromatic heterocycles. The molecule has 0 radical (unpaired) electrons. The topological polar surface area (TPSA) is 43.4 Å². The fraction of sp³-hybridized carbons (Fsp3) is 0.188. The van der Waals surface area contributed by atoms with Crippen LogP contribution in [-0.2, 0) is 21.3 Å². The molecule has 4 heteroatoms. The van der Waals surface area contributed by atoms with Crippen molar-refractivity contribution in [2.24, 2.45) is 0 Å². The van der Waals surface area contributed by atoms with E-state index in [9.17, 15) is 9.00 Å². The third kappa shape index (κ3) is 3.33. The summed E-state index contributed by atoms with van der Waals surface area (Å²) in [7, 11) is 0.269. The third-order valence-corrected chi connectivity index (χ3v) is 4.56. The summed E-state index contributed by atoms with van der Waals surface area (Å²) in [5.41, 5.74) is 2.45. The first-order valence-corrected chi connectivity index (χ1v) is 7.55. The first-order chi connectivity index (χ1) is 9.61. The minimum Gasteiger partial charge on any atom is -0.465 e. The van der Waals surface area contributed by atoms with Gasteiger partial charge in [0.25, 0.3) is 0 Å². The van der Waals surface area contributed by atoms with Gasteiger partial charge in [0.05, 0.1) is 29.2 Å². The third-order valence-electron chi connectivity index (χ3n) is 3.01. The normalized spacial score (nSPS) is 11.9. The molecule has 0 amide bonds. The zero-order valence-corrected chi connectivity index (χ0v) is 12.3. The van der Waals surface area contributed by atoms with Crippen LogP contribution in [0.15, 0.2) is 53.4 Å². The average Bonchev–Trinajstić information content (AvgIpc) is 2.47. The predicted molar refractivity (Wildman–Crippen MR) is 79.1 cm³/mol. The molecule has 0 bridgehead atoms. The Labute approximate surface area is 121 Å². The summed E-state index contributed by atoms with van der Waals surface area (Å²) >= 11 is 0. The first-order valence-electron chi connectivity index (χ1n) is 6.23. The molecule has 0 aliphatic carbocycles. The molecule has 0 aliphatic rings. The fourth-order valence-corrected chi connectivity index (χ4v) is 3.20. The zero-order valence-electron chi connectivity index (χ0n) is 11.5. The summed E-state index contributed by atoms with van der Waals surface area (Å²) < 4.78 is 17.0. The van der Waals surface area contributed by atoms with Crippen LogP contribution in [0.4, 0.5) is 0 Å². The number of carbonyl (C=O) groups is 1. The second-order valence-electron chi connectivity index (χ2n) is 4.44. The van der Waals surface area contributed by atoms with Crippen LogP contribution in [0.5, 0.6) is 0 Å². The number of methoxy groups -OCH3 is 1. The van der Waals surface area contributed by atoms with E-state index in [2.05, 4.69) is 4.74 Å². The van der Waals surface area contributed by atoms with Crippen LogP contribution in [0.25, 0.3) is 0 Å². The second-order valence-corrected chi connectivity index (χ2v) is 5.86. The summed E-state index contributed by atoms with van der Waals surface area (Å²) in [6.45, 7) is 1.95. The molecule has 1 atom stereocenters. The van der Waals surface area contributed by atoms with E-state index in [0.717, 1.165) is 16.0 Å². The number of benzene rings is 2. The smallest absolute Gasteiger partial charge is 0.337 e. The highest BCUT2D eigenvalue weighted by atomic mass is 32.2. The van der Waals surface area contributed by atoms with Crippen molar-refractivity contribution in [2.75, 3.05) is 7.11 Å². The highest BCUT2D eigenvalue weighted by Crippen LogP contribution is 2.16. The number of aryl methyl sites for hydroxylation is 1. The SMILES string of the molecule is COC(=O)c1ccc(CS(=O)c2ccccc2C)cc1. The minimum atomic E-state index is -1.08. The molecule has 0 fully saturated rings. The van der Waals surface area contributed by atoms with Gasteiger partial charge in [-0.05, 0) is 36.2 Å². The van der Waals surface area contributed by atoms with Gasteiger partial charge >= 0.3 is 5.97 Å². The molecule has 104 valence electrons. The van der Waals surface area contributed by atoms with Gasteiger partial charge in [-0.1, -0.05) is 30.3 Å². The Bertz CT molecular complexity index is 632. The molecule has 3 nitrogen and oxygen atoms in total. The van der Waals surface area contributed by atoms with Crippen molar-refractivity contribution >= 4 is 16.8 Å². The number of rotatable bonds is 4. The van der Waals surface area contributed by atoms with Crippen molar-refractivity contribution in [2.45, 2.75) is 17.6 Å². The second kappa shape index (κ2) is 6.48. The highest BCUT2D eigenvalue weighted by Gasteiger charge is 2.09. The van der Waals surface area contributed by atoms with E-state index in [1.807, 2.05) is 43.3 Å². The van der Waals surface area contributed by atoms with E-state index in [1.54, 1.807) is 12.1 Å². The van der Waals surface area contributed by atoms with Crippen molar-refractivity contribution in [3.8, 4) is 0 Å². The van der Waals surface area contributed by atoms with E-state index in [4.69, 9.17) is 0 Å². The molecule has 0 aliphatic heterocycles. The number of esters is 1. The lowest BCUT2D eigenvalue weighted by Gasteiger charge is -2.06. The number of carbonyl (C=O) groups excluding carboxylic acids is 1. The standard InChI is InChI=1S/C16H16O3S/c1-12-5-3-4-6-15(12)20(18)11-13-7-9-14(10-8-13)16(17)19-2/h3-10H,11H2,1-2H3. The molecule has 20 heavy (non-hydrogen) atoms. The van der Waals surface area contributed by atoms with Crippen molar-refractivity contribution in [1.82, 2.24) is 0 Å². The van der Waals surface area contributed by atoms with Crippen LogP contribution in [0, 0.1) is 6.92 Å². The van der Waals surface area contributed by atoms with Crippen molar-refractivity contribution < 1.29 is 13.7 Å². The van der Waals surface area contributed by atoms with Gasteiger partial charge < -0.3 is 4.74 Å². The summed E-state index contributed by atoms with van der Waals surface area (Å²) in [5.74, 6) is 0.0725. The van der Waals surface area contributed by atoms with E-state index in [-0.39, 0.29) is 5.97 Å². The van der Waals surface area contributed by atoms with Crippen LogP contribution in [-0.4, -0.2) is 17.3 Å². The molecule has 2 aromatic carbocycles. The molecule has 0 spiro atoms. The fourth-order valence-electron chi connectivity index (χ4n) is 1.90. The Morgan fingerprint density at radius 2 is 1.75 bits per heavy atom. The molecule has 0 saturated carbocycles. The molecule has 1 unspecified atom stereocenters. The molecular weight excluding hydrogens is 272 g/mol. The monoisotopic (exact) mass is 288 g/mol. The summed E-state index contributed by atoms with van der Waals surface area (Å²) in [6.07, 6.45) is 0. The average molecular weight is 288 g/mol. The number of ether oxygens (including phenoxy) is 1. The lowest BCUT2D eigenvalue weighted by atomic mass is 10.1. The Hall–Kier alpha value is -1.94. The Morgan fingerprint density at radius 3 is 2.35 bits per heavy atom. The quantitative estimate of drug-likeness (QED) is 0.812. The lowest BCUT2D eigenvalue weighted by molar-refractivity contribution is 0.0600. The molecule has 0 saturated heterocycles.